The molecule has 0 bridgehead atoms. The van der Waals surface area contributed by atoms with E-state index in [4.69, 9.17) is 22.1 Å². The van der Waals surface area contributed by atoms with Crippen molar-refractivity contribution >= 4 is 28.9 Å². The summed E-state index contributed by atoms with van der Waals surface area (Å²) in [5.74, 6) is -0.150. The molecule has 0 fully saturated rings. The van der Waals surface area contributed by atoms with Crippen molar-refractivity contribution in [3.63, 3.8) is 0 Å². The van der Waals surface area contributed by atoms with Crippen LogP contribution in [0.2, 0.25) is 5.02 Å². The fourth-order valence-electron chi connectivity index (χ4n) is 2.99. The maximum Gasteiger partial charge on any atom is 0.238 e. The predicted molar refractivity (Wildman–Crippen MR) is 118 cm³/mol. The number of methoxy groups -OCH3 is 1. The predicted octanol–water partition coefficient (Wildman–Crippen LogP) is 3.80. The molecule has 0 spiro atoms. The molecule has 3 unspecified atom stereocenters. The van der Waals surface area contributed by atoms with Crippen molar-refractivity contribution in [1.29, 1.82) is 0 Å². The van der Waals surface area contributed by atoms with E-state index < -0.39 is 0 Å². The van der Waals surface area contributed by atoms with Crippen LogP contribution in [-0.4, -0.2) is 44.0 Å². The van der Waals surface area contributed by atoms with Gasteiger partial charge < -0.3 is 20.8 Å². The summed E-state index contributed by atoms with van der Waals surface area (Å²) >= 11 is 6.09. The molecule has 1 aromatic carbocycles. The van der Waals surface area contributed by atoms with E-state index in [1.807, 2.05) is 37.8 Å². The fourth-order valence-corrected chi connectivity index (χ4v) is 3.17. The van der Waals surface area contributed by atoms with Crippen LogP contribution in [0.3, 0.4) is 0 Å². The van der Waals surface area contributed by atoms with E-state index in [-0.39, 0.29) is 17.9 Å². The smallest absolute Gasteiger partial charge is 0.238 e. The molecule has 6 nitrogen and oxygen atoms in total. The molecule has 28 heavy (non-hydrogen) atoms. The molecule has 7 heteroatoms. The van der Waals surface area contributed by atoms with Gasteiger partial charge in [0.1, 0.15) is 5.92 Å². The van der Waals surface area contributed by atoms with Gasteiger partial charge in [0.25, 0.3) is 0 Å². The molecule has 2 aliphatic heterocycles. The van der Waals surface area contributed by atoms with Crippen molar-refractivity contribution in [3.05, 3.63) is 28.8 Å². The summed E-state index contributed by atoms with van der Waals surface area (Å²) in [4.78, 5) is 14.5. The summed E-state index contributed by atoms with van der Waals surface area (Å²) in [6.45, 7) is 11.3. The number of nitrogens with two attached hydrogens (primary N) is 1. The third-order valence-electron chi connectivity index (χ3n) is 4.80. The largest absolute Gasteiger partial charge is 0.382 e. The normalized spacial score (nSPS) is 20.5. The molecule has 1 aromatic rings. The van der Waals surface area contributed by atoms with E-state index >= 15 is 0 Å². The molecule has 3 N–H and O–H groups in total. The lowest BCUT2D eigenvalue weighted by Gasteiger charge is -2.34. The molecule has 0 aromatic heterocycles. The molecule has 0 aliphatic carbocycles. The Kier molecular flexibility index (Phi) is 10.5. The Morgan fingerprint density at radius 1 is 1.39 bits per heavy atom. The van der Waals surface area contributed by atoms with Gasteiger partial charge in [-0.25, -0.2) is 0 Å². The van der Waals surface area contributed by atoms with Crippen molar-refractivity contribution in [1.82, 2.24) is 5.43 Å². The van der Waals surface area contributed by atoms with Gasteiger partial charge in [0, 0.05) is 24.2 Å². The monoisotopic (exact) mass is 410 g/mol. The number of hydrogen-bond acceptors (Lipinski definition) is 5. The number of ether oxygens (including phenoxy) is 1. The highest BCUT2D eigenvalue weighted by Crippen LogP contribution is 2.36. The zero-order chi connectivity index (χ0) is 21.3. The SMILES string of the molecule is CC.CC1NN=C2c3cc(Cl)ccc3N(CCCN)C(=O)C21.CCC(C)OC. The molecule has 0 saturated carbocycles. The van der Waals surface area contributed by atoms with Gasteiger partial charge in [0.15, 0.2) is 0 Å². The molecular formula is C21H35ClN4O2. The van der Waals surface area contributed by atoms with E-state index in [9.17, 15) is 4.79 Å². The number of halogens is 1. The molecule has 2 heterocycles. The number of fused-ring (bicyclic) bond motifs is 3. The lowest BCUT2D eigenvalue weighted by atomic mass is 9.86. The van der Waals surface area contributed by atoms with E-state index in [1.54, 1.807) is 13.2 Å². The van der Waals surface area contributed by atoms with Crippen molar-refractivity contribution < 1.29 is 9.53 Å². The molecule has 158 valence electrons. The highest BCUT2D eigenvalue weighted by atomic mass is 35.5. The number of anilines is 1. The Morgan fingerprint density at radius 3 is 2.61 bits per heavy atom. The van der Waals surface area contributed by atoms with Crippen LogP contribution < -0.4 is 16.1 Å². The van der Waals surface area contributed by atoms with E-state index in [2.05, 4.69) is 24.4 Å². The van der Waals surface area contributed by atoms with Crippen LogP contribution in [0, 0.1) is 5.92 Å². The van der Waals surface area contributed by atoms with Gasteiger partial charge in [0.05, 0.1) is 23.5 Å². The fraction of sp³-hybridized carbons (Fsp3) is 0.619. The molecule has 2 aliphatic rings. The van der Waals surface area contributed by atoms with Crippen LogP contribution in [0.15, 0.2) is 23.3 Å². The van der Waals surface area contributed by atoms with E-state index in [1.165, 1.54) is 0 Å². The number of amides is 1. The average Bonchev–Trinajstić information content (AvgIpc) is 3.11. The van der Waals surface area contributed by atoms with Crippen molar-refractivity contribution in [3.8, 4) is 0 Å². The Hall–Kier alpha value is -1.63. The van der Waals surface area contributed by atoms with Gasteiger partial charge in [-0.2, -0.15) is 5.10 Å². The maximum absolute atomic E-state index is 12.7. The lowest BCUT2D eigenvalue weighted by molar-refractivity contribution is -0.121. The number of hydrogen-bond donors (Lipinski definition) is 2. The minimum Gasteiger partial charge on any atom is -0.382 e. The first-order valence-corrected chi connectivity index (χ1v) is 10.5. The summed E-state index contributed by atoms with van der Waals surface area (Å²) in [7, 11) is 1.73. The van der Waals surface area contributed by atoms with Gasteiger partial charge in [-0.1, -0.05) is 32.4 Å². The standard InChI is InChI=1S/C14H17ClN4O.C5H12O.C2H6/c1-8-12-13(18-17-8)10-7-9(15)3-4-11(10)19(14(12)20)6-2-5-16;1-4-5(2)6-3;1-2/h3-4,7-8,12,17H,2,5-6,16H2,1H3;5H,4H2,1-3H3;1-2H3. The maximum atomic E-state index is 12.7. The number of hydrazone groups is 1. The number of nitrogens with zero attached hydrogens (tertiary/aromatic N) is 2. The van der Waals surface area contributed by atoms with Crippen molar-refractivity contribution in [2.75, 3.05) is 25.1 Å². The van der Waals surface area contributed by atoms with Crippen LogP contribution in [0.4, 0.5) is 5.69 Å². The number of benzene rings is 1. The van der Waals surface area contributed by atoms with Crippen LogP contribution >= 0.6 is 11.6 Å². The van der Waals surface area contributed by atoms with Crippen LogP contribution in [0.5, 0.6) is 0 Å². The van der Waals surface area contributed by atoms with Gasteiger partial charge in [-0.15, -0.1) is 0 Å². The third kappa shape index (κ3) is 5.69. The summed E-state index contributed by atoms with van der Waals surface area (Å²) in [6.07, 6.45) is 2.32. The summed E-state index contributed by atoms with van der Waals surface area (Å²) in [5, 5.41) is 4.97. The second kappa shape index (κ2) is 12.0. The molecular weight excluding hydrogens is 376 g/mol. The van der Waals surface area contributed by atoms with Crippen molar-refractivity contribution in [2.45, 2.75) is 59.6 Å². The number of nitrogens with one attached hydrogen (secondary N) is 1. The lowest BCUT2D eigenvalue weighted by Crippen LogP contribution is -2.48. The second-order valence-electron chi connectivity index (χ2n) is 6.64. The van der Waals surface area contributed by atoms with Gasteiger partial charge in [0.2, 0.25) is 5.91 Å². The van der Waals surface area contributed by atoms with Crippen molar-refractivity contribution in [2.24, 2.45) is 16.8 Å². The number of carbonyl (C=O) groups is 1. The van der Waals surface area contributed by atoms with Crippen LogP contribution in [0.1, 0.15) is 53.0 Å². The first-order valence-electron chi connectivity index (χ1n) is 10.1. The zero-order valence-electron chi connectivity index (χ0n) is 18.0. The number of carbonyl (C=O) groups excluding carboxylic acids is 1. The first-order chi connectivity index (χ1) is 13.4. The summed E-state index contributed by atoms with van der Waals surface area (Å²) < 4.78 is 4.90. The summed E-state index contributed by atoms with van der Waals surface area (Å²) in [5.41, 5.74) is 11.2. The zero-order valence-corrected chi connectivity index (χ0v) is 18.7. The third-order valence-corrected chi connectivity index (χ3v) is 5.04. The van der Waals surface area contributed by atoms with Gasteiger partial charge in [-0.3, -0.25) is 4.79 Å². The Morgan fingerprint density at radius 2 is 2.07 bits per heavy atom. The quantitative estimate of drug-likeness (QED) is 0.773. The van der Waals surface area contributed by atoms with Gasteiger partial charge >= 0.3 is 0 Å². The molecule has 3 rings (SSSR count). The molecule has 3 atom stereocenters. The molecule has 1 amide bonds. The Balaban J connectivity index is 0.000000422. The average molecular weight is 411 g/mol. The Labute approximate surface area is 174 Å². The van der Waals surface area contributed by atoms with Crippen LogP contribution in [-0.2, 0) is 9.53 Å². The minimum absolute atomic E-state index is 0.00464. The van der Waals surface area contributed by atoms with Gasteiger partial charge in [-0.05, 0) is 51.4 Å². The van der Waals surface area contributed by atoms with E-state index in [0.29, 0.717) is 24.2 Å². The summed E-state index contributed by atoms with van der Waals surface area (Å²) in [6, 6.07) is 5.57. The van der Waals surface area contributed by atoms with Crippen LogP contribution in [0.25, 0.3) is 0 Å². The topological polar surface area (TPSA) is 80.0 Å². The molecule has 0 saturated heterocycles. The number of rotatable bonds is 5. The highest BCUT2D eigenvalue weighted by molar-refractivity contribution is 6.32. The first kappa shape index (κ1) is 24.4. The second-order valence-corrected chi connectivity index (χ2v) is 7.08. The molecule has 0 radical (unpaired) electrons. The van der Waals surface area contributed by atoms with E-state index in [0.717, 1.165) is 29.8 Å². The highest BCUT2D eigenvalue weighted by Gasteiger charge is 2.43. The minimum atomic E-state index is -0.237. The Bertz CT molecular complexity index is 662.